The quantitative estimate of drug-likeness (QED) is 0.696. The highest BCUT2D eigenvalue weighted by atomic mass is 35.5. The smallest absolute Gasteiger partial charge is 0.231 e. The third-order valence-electron chi connectivity index (χ3n) is 3.62. The molecule has 0 spiro atoms. The van der Waals surface area contributed by atoms with Gasteiger partial charge in [0.25, 0.3) is 0 Å². The number of benzene rings is 2. The lowest BCUT2D eigenvalue weighted by Gasteiger charge is -2.07. The van der Waals surface area contributed by atoms with Crippen molar-refractivity contribution in [2.75, 3.05) is 6.79 Å². The third kappa shape index (κ3) is 2.10. The molecule has 0 saturated carbocycles. The van der Waals surface area contributed by atoms with E-state index in [4.69, 9.17) is 21.1 Å². The van der Waals surface area contributed by atoms with E-state index >= 15 is 0 Å². The number of carbonyl (C=O) groups excluding carboxylic acids is 1. The number of aromatic nitrogens is 2. The molecule has 4 rings (SSSR count). The largest absolute Gasteiger partial charge is 0.454 e. The van der Waals surface area contributed by atoms with Gasteiger partial charge < -0.3 is 14.0 Å². The van der Waals surface area contributed by atoms with Crippen molar-refractivity contribution in [1.82, 2.24) is 9.55 Å². The van der Waals surface area contributed by atoms with Crippen LogP contribution in [0.5, 0.6) is 11.5 Å². The van der Waals surface area contributed by atoms with Crippen molar-refractivity contribution in [2.45, 2.75) is 6.54 Å². The number of halogens is 1. The lowest BCUT2D eigenvalue weighted by atomic mass is 10.2. The highest BCUT2D eigenvalue weighted by Gasteiger charge is 2.15. The minimum absolute atomic E-state index is 0.238. The van der Waals surface area contributed by atoms with Crippen LogP contribution in [0.3, 0.4) is 0 Å². The minimum Gasteiger partial charge on any atom is -0.454 e. The van der Waals surface area contributed by atoms with Gasteiger partial charge in [0.15, 0.2) is 23.6 Å². The molecular formula is C16H11ClN2O3. The molecule has 0 bridgehead atoms. The number of fused-ring (bicyclic) bond motifs is 2. The predicted octanol–water partition coefficient (Wildman–Crippen LogP) is 3.28. The molecule has 22 heavy (non-hydrogen) atoms. The van der Waals surface area contributed by atoms with Crippen LogP contribution in [0.25, 0.3) is 11.0 Å². The standard InChI is InChI=1S/C16H11ClN2O3/c17-11-2-3-12-13(6-11)19(16(8-20)18-12)7-10-1-4-14-15(5-10)22-9-21-14/h1-6,8H,7,9H2. The van der Waals surface area contributed by atoms with E-state index in [1.807, 2.05) is 28.8 Å². The van der Waals surface area contributed by atoms with Crippen LogP contribution < -0.4 is 9.47 Å². The van der Waals surface area contributed by atoms with Gasteiger partial charge in [-0.1, -0.05) is 17.7 Å². The molecular weight excluding hydrogens is 304 g/mol. The Morgan fingerprint density at radius 2 is 2.05 bits per heavy atom. The molecule has 1 aliphatic heterocycles. The van der Waals surface area contributed by atoms with Crippen LogP contribution in [0.4, 0.5) is 0 Å². The molecule has 0 N–H and O–H groups in total. The van der Waals surface area contributed by atoms with Crippen molar-refractivity contribution < 1.29 is 14.3 Å². The van der Waals surface area contributed by atoms with Crippen LogP contribution in [0.1, 0.15) is 16.2 Å². The first-order chi connectivity index (χ1) is 10.7. The van der Waals surface area contributed by atoms with Crippen LogP contribution >= 0.6 is 11.6 Å². The van der Waals surface area contributed by atoms with E-state index < -0.39 is 0 Å². The lowest BCUT2D eigenvalue weighted by Crippen LogP contribution is -2.04. The van der Waals surface area contributed by atoms with E-state index in [2.05, 4.69) is 4.98 Å². The van der Waals surface area contributed by atoms with E-state index in [9.17, 15) is 4.79 Å². The molecule has 0 atom stereocenters. The molecule has 2 aromatic carbocycles. The van der Waals surface area contributed by atoms with Gasteiger partial charge in [-0.3, -0.25) is 4.79 Å². The Balaban J connectivity index is 1.80. The summed E-state index contributed by atoms with van der Waals surface area (Å²) in [5.41, 5.74) is 2.56. The van der Waals surface area contributed by atoms with Crippen molar-refractivity contribution in [2.24, 2.45) is 0 Å². The second-order valence-electron chi connectivity index (χ2n) is 4.99. The molecule has 110 valence electrons. The Bertz CT molecular complexity index is 888. The first-order valence-electron chi connectivity index (χ1n) is 6.74. The second kappa shape index (κ2) is 5.03. The third-order valence-corrected chi connectivity index (χ3v) is 3.86. The number of rotatable bonds is 3. The molecule has 0 radical (unpaired) electrons. The number of aldehydes is 1. The summed E-state index contributed by atoms with van der Waals surface area (Å²) in [6, 6.07) is 11.1. The van der Waals surface area contributed by atoms with Gasteiger partial charge >= 0.3 is 0 Å². The van der Waals surface area contributed by atoms with E-state index in [0.29, 0.717) is 23.1 Å². The number of carbonyl (C=O) groups is 1. The SMILES string of the molecule is O=Cc1nc2ccc(Cl)cc2n1Cc1ccc2c(c1)OCO2. The summed E-state index contributed by atoms with van der Waals surface area (Å²) in [7, 11) is 0. The molecule has 5 nitrogen and oxygen atoms in total. The van der Waals surface area contributed by atoms with Crippen molar-refractivity contribution >= 4 is 28.9 Å². The number of imidazole rings is 1. The molecule has 0 fully saturated rings. The summed E-state index contributed by atoms with van der Waals surface area (Å²) >= 11 is 6.06. The van der Waals surface area contributed by atoms with Gasteiger partial charge in [0.1, 0.15) is 0 Å². The highest BCUT2D eigenvalue weighted by Crippen LogP contribution is 2.33. The molecule has 0 unspecified atom stereocenters. The van der Waals surface area contributed by atoms with Crippen molar-refractivity contribution in [3.63, 3.8) is 0 Å². The summed E-state index contributed by atoms with van der Waals surface area (Å²) in [5, 5.41) is 0.608. The summed E-state index contributed by atoms with van der Waals surface area (Å²) in [5.74, 6) is 1.82. The van der Waals surface area contributed by atoms with Crippen LogP contribution in [-0.2, 0) is 6.54 Å². The average molecular weight is 315 g/mol. The molecule has 1 aliphatic rings. The number of ether oxygens (including phenoxy) is 2. The van der Waals surface area contributed by atoms with Crippen LogP contribution in [0, 0.1) is 0 Å². The van der Waals surface area contributed by atoms with Gasteiger partial charge in [0.2, 0.25) is 6.79 Å². The number of hydrogen-bond acceptors (Lipinski definition) is 4. The maximum Gasteiger partial charge on any atom is 0.231 e. The molecule has 6 heteroatoms. The Labute approximate surface area is 131 Å². The summed E-state index contributed by atoms with van der Waals surface area (Å²) in [4.78, 5) is 15.6. The number of nitrogens with zero attached hydrogens (tertiary/aromatic N) is 2. The zero-order chi connectivity index (χ0) is 15.1. The lowest BCUT2D eigenvalue weighted by molar-refractivity contribution is 0.111. The Morgan fingerprint density at radius 3 is 2.91 bits per heavy atom. The molecule has 1 aromatic heterocycles. The van der Waals surface area contributed by atoms with E-state index in [1.54, 1.807) is 12.1 Å². The minimum atomic E-state index is 0.238. The fraction of sp³-hybridized carbons (Fsp3) is 0.125. The van der Waals surface area contributed by atoms with Gasteiger partial charge in [-0.25, -0.2) is 4.98 Å². The fourth-order valence-corrected chi connectivity index (χ4v) is 2.76. The Morgan fingerprint density at radius 1 is 1.18 bits per heavy atom. The Kier molecular flexibility index (Phi) is 3.01. The summed E-state index contributed by atoms with van der Waals surface area (Å²) in [6.45, 7) is 0.740. The normalized spacial score (nSPS) is 12.8. The predicted molar refractivity (Wildman–Crippen MR) is 81.8 cm³/mol. The first-order valence-corrected chi connectivity index (χ1v) is 7.12. The van der Waals surface area contributed by atoms with E-state index in [0.717, 1.165) is 28.6 Å². The van der Waals surface area contributed by atoms with Gasteiger partial charge in [0.05, 0.1) is 11.0 Å². The van der Waals surface area contributed by atoms with Crippen molar-refractivity contribution in [1.29, 1.82) is 0 Å². The molecule has 2 heterocycles. The first kappa shape index (κ1) is 13.2. The zero-order valence-corrected chi connectivity index (χ0v) is 12.2. The summed E-state index contributed by atoms with van der Waals surface area (Å²) in [6.07, 6.45) is 0.751. The average Bonchev–Trinajstić information content (AvgIpc) is 3.11. The molecule has 0 aliphatic carbocycles. The Hall–Kier alpha value is -2.53. The van der Waals surface area contributed by atoms with Crippen LogP contribution in [0.15, 0.2) is 36.4 Å². The summed E-state index contributed by atoms with van der Waals surface area (Å²) < 4.78 is 12.5. The van der Waals surface area contributed by atoms with Crippen LogP contribution in [-0.4, -0.2) is 22.6 Å². The van der Waals surface area contributed by atoms with Gasteiger partial charge in [0, 0.05) is 11.6 Å². The topological polar surface area (TPSA) is 53.4 Å². The van der Waals surface area contributed by atoms with Gasteiger partial charge in [-0.2, -0.15) is 0 Å². The second-order valence-corrected chi connectivity index (χ2v) is 5.43. The fourth-order valence-electron chi connectivity index (χ4n) is 2.59. The molecule has 0 amide bonds. The van der Waals surface area contributed by atoms with Gasteiger partial charge in [-0.05, 0) is 35.9 Å². The number of hydrogen-bond donors (Lipinski definition) is 0. The van der Waals surface area contributed by atoms with Crippen molar-refractivity contribution in [3.05, 3.63) is 52.8 Å². The van der Waals surface area contributed by atoms with E-state index in [-0.39, 0.29) is 6.79 Å². The monoisotopic (exact) mass is 314 g/mol. The molecule has 3 aromatic rings. The molecule has 0 saturated heterocycles. The maximum atomic E-state index is 11.3. The van der Waals surface area contributed by atoms with E-state index in [1.165, 1.54) is 0 Å². The zero-order valence-electron chi connectivity index (χ0n) is 11.5. The van der Waals surface area contributed by atoms with Crippen LogP contribution in [0.2, 0.25) is 5.02 Å². The highest BCUT2D eigenvalue weighted by molar-refractivity contribution is 6.31. The van der Waals surface area contributed by atoms with Gasteiger partial charge in [-0.15, -0.1) is 0 Å². The maximum absolute atomic E-state index is 11.3. The van der Waals surface area contributed by atoms with Crippen molar-refractivity contribution in [3.8, 4) is 11.5 Å².